The van der Waals surface area contributed by atoms with Crippen molar-refractivity contribution in [3.05, 3.63) is 63.4 Å². The number of aliphatic carboxylic acids is 1. The smallest absolute Gasteiger partial charge is 0.305 e. The van der Waals surface area contributed by atoms with Gasteiger partial charge in [0.25, 0.3) is 0 Å². The van der Waals surface area contributed by atoms with Crippen LogP contribution in [0.25, 0.3) is 0 Å². The Hall–Kier alpha value is -2.39. The van der Waals surface area contributed by atoms with E-state index >= 15 is 0 Å². The molecule has 37 heavy (non-hydrogen) atoms. The predicted octanol–water partition coefficient (Wildman–Crippen LogP) is 5.96. The number of halogens is 4. The number of hydrogen-bond acceptors (Lipinski definition) is 5. The maximum atomic E-state index is 14.2. The molecule has 2 aromatic rings. The molecule has 4 rings (SSSR count). The Morgan fingerprint density at radius 3 is 2.54 bits per heavy atom. The third-order valence-corrected chi connectivity index (χ3v) is 7.09. The fraction of sp³-hybridized carbons (Fsp3) is 0.423. The summed E-state index contributed by atoms with van der Waals surface area (Å²) in [5, 5.41) is 17.8. The van der Waals surface area contributed by atoms with Crippen molar-refractivity contribution in [1.29, 1.82) is 5.41 Å². The van der Waals surface area contributed by atoms with E-state index in [0.29, 0.717) is 60.6 Å². The summed E-state index contributed by atoms with van der Waals surface area (Å²) in [4.78, 5) is 27.0. The first-order valence-corrected chi connectivity index (χ1v) is 12.7. The van der Waals surface area contributed by atoms with E-state index in [-0.39, 0.29) is 36.4 Å². The monoisotopic (exact) mass is 571 g/mol. The lowest BCUT2D eigenvalue weighted by Gasteiger charge is -2.32. The molecule has 0 radical (unpaired) electrons. The Morgan fingerprint density at radius 1 is 1.19 bits per heavy atom. The highest BCUT2D eigenvalue weighted by Crippen LogP contribution is 2.36. The van der Waals surface area contributed by atoms with Crippen LogP contribution in [0.5, 0.6) is 5.75 Å². The molecular formula is C26H29Cl3FN3O4. The Labute approximate surface area is 231 Å². The molecule has 0 aromatic heterocycles. The number of carbonyl (C=O) groups excluding carboxylic acids is 1. The minimum atomic E-state index is -0.970. The lowest BCUT2D eigenvalue weighted by Crippen LogP contribution is -2.32. The van der Waals surface area contributed by atoms with Crippen molar-refractivity contribution in [2.45, 2.75) is 44.7 Å². The Morgan fingerprint density at radius 2 is 1.95 bits per heavy atom. The van der Waals surface area contributed by atoms with Crippen LogP contribution in [0.15, 0.2) is 36.4 Å². The number of ether oxygens (including phenoxy) is 1. The second-order valence-corrected chi connectivity index (χ2v) is 10.1. The maximum Gasteiger partial charge on any atom is 0.305 e. The molecule has 2 fully saturated rings. The molecule has 1 heterocycles. The molecule has 0 unspecified atom stereocenters. The summed E-state index contributed by atoms with van der Waals surface area (Å²) in [6, 6.07) is 9.30. The molecule has 2 N–H and O–H groups in total. The highest BCUT2D eigenvalue weighted by atomic mass is 35.5. The summed E-state index contributed by atoms with van der Waals surface area (Å²) in [6.45, 7) is 1.62. The summed E-state index contributed by atoms with van der Waals surface area (Å²) in [5.41, 5.74) is 1.43. The van der Waals surface area contributed by atoms with Crippen LogP contribution in [-0.2, 0) is 16.1 Å². The number of amides is 1. The number of amidine groups is 1. The van der Waals surface area contributed by atoms with E-state index in [1.807, 2.05) is 6.07 Å². The molecule has 7 nitrogen and oxygen atoms in total. The fourth-order valence-corrected chi connectivity index (χ4v) is 4.80. The van der Waals surface area contributed by atoms with Crippen LogP contribution >= 0.6 is 35.6 Å². The van der Waals surface area contributed by atoms with Crippen LogP contribution in [0, 0.1) is 17.1 Å². The molecule has 1 amide bonds. The van der Waals surface area contributed by atoms with Gasteiger partial charge in [0.05, 0.1) is 23.0 Å². The van der Waals surface area contributed by atoms with Crippen molar-refractivity contribution in [3.8, 4) is 5.75 Å². The number of nitrogens with zero attached hydrogens (tertiary/aromatic N) is 2. The lowest BCUT2D eigenvalue weighted by atomic mass is 10.00. The van der Waals surface area contributed by atoms with Gasteiger partial charge in [0.1, 0.15) is 24.0 Å². The van der Waals surface area contributed by atoms with Gasteiger partial charge in [-0.25, -0.2) is 4.39 Å². The number of carboxylic acid groups (broad SMARTS) is 1. The number of benzene rings is 2. The number of carbonyl (C=O) groups is 2. The van der Waals surface area contributed by atoms with E-state index in [2.05, 4.69) is 4.90 Å². The standard InChI is InChI=1S/C26H28Cl2FN3O4.ClH/c27-19-5-4-18(12-21(19)29)22(13-26(34)35)31(14-16-1-2-16)15-17-3-6-23(20(28)11-17)36-10-9-32-24(30)7-8-25(32)33;/h3-6,11-12,16,22,30H,1-2,7-10,13-15H2,(H,34,35);1H/t22-;/m1./s1. The number of carboxylic acids is 1. The molecule has 1 aliphatic carbocycles. The average Bonchev–Trinajstić information content (AvgIpc) is 3.59. The van der Waals surface area contributed by atoms with Crippen LogP contribution in [0.3, 0.4) is 0 Å². The van der Waals surface area contributed by atoms with E-state index in [4.69, 9.17) is 33.3 Å². The van der Waals surface area contributed by atoms with E-state index in [9.17, 15) is 19.1 Å². The van der Waals surface area contributed by atoms with Gasteiger partial charge < -0.3 is 9.84 Å². The third kappa shape index (κ3) is 7.80. The Kier molecular flexibility index (Phi) is 10.2. The summed E-state index contributed by atoms with van der Waals surface area (Å²) in [5.74, 6) is -0.374. The first kappa shape index (κ1) is 29.2. The van der Waals surface area contributed by atoms with E-state index < -0.39 is 17.8 Å². The largest absolute Gasteiger partial charge is 0.490 e. The van der Waals surface area contributed by atoms with Crippen LogP contribution in [0.1, 0.15) is 49.3 Å². The molecule has 11 heteroatoms. The average molecular weight is 573 g/mol. The summed E-state index contributed by atoms with van der Waals surface area (Å²) < 4.78 is 20.0. The molecule has 1 aliphatic heterocycles. The zero-order valence-corrected chi connectivity index (χ0v) is 22.4. The first-order valence-electron chi connectivity index (χ1n) is 11.9. The van der Waals surface area contributed by atoms with Gasteiger partial charge in [-0.3, -0.25) is 24.8 Å². The third-order valence-electron chi connectivity index (χ3n) is 6.48. The molecule has 1 atom stereocenters. The van der Waals surface area contributed by atoms with Crippen molar-refractivity contribution in [2.24, 2.45) is 5.92 Å². The van der Waals surface area contributed by atoms with Gasteiger partial charge in [-0.05, 0) is 54.2 Å². The highest BCUT2D eigenvalue weighted by Gasteiger charge is 2.31. The van der Waals surface area contributed by atoms with Gasteiger partial charge in [-0.2, -0.15) is 0 Å². The van der Waals surface area contributed by atoms with Gasteiger partial charge in [-0.15, -0.1) is 12.4 Å². The van der Waals surface area contributed by atoms with E-state index in [1.165, 1.54) is 17.0 Å². The van der Waals surface area contributed by atoms with Crippen LogP contribution in [-0.4, -0.2) is 52.3 Å². The van der Waals surface area contributed by atoms with Gasteiger partial charge in [0.15, 0.2) is 0 Å². The number of nitrogens with one attached hydrogen (secondary N) is 1. The second-order valence-electron chi connectivity index (χ2n) is 9.27. The molecule has 200 valence electrons. The maximum absolute atomic E-state index is 14.2. The predicted molar refractivity (Wildman–Crippen MR) is 142 cm³/mol. The minimum Gasteiger partial charge on any atom is -0.490 e. The van der Waals surface area contributed by atoms with Crippen LogP contribution in [0.2, 0.25) is 10.0 Å². The van der Waals surface area contributed by atoms with E-state index in [0.717, 1.165) is 18.4 Å². The number of rotatable bonds is 12. The number of hydrogen-bond donors (Lipinski definition) is 2. The van der Waals surface area contributed by atoms with Gasteiger partial charge in [0, 0.05) is 32.0 Å². The SMILES string of the molecule is Cl.N=C1CCC(=O)N1CCOc1ccc(CN(CC2CC2)[C@H](CC(=O)O)c2ccc(Cl)c(F)c2)cc1Cl. The molecule has 2 aromatic carbocycles. The molecule has 0 spiro atoms. The molecule has 2 aliphatic rings. The first-order chi connectivity index (χ1) is 17.2. The van der Waals surface area contributed by atoms with Crippen molar-refractivity contribution < 1.29 is 23.8 Å². The zero-order chi connectivity index (χ0) is 25.8. The van der Waals surface area contributed by atoms with Crippen molar-refractivity contribution >= 4 is 53.3 Å². The second kappa shape index (κ2) is 12.9. The molecule has 1 saturated carbocycles. The quantitative estimate of drug-likeness (QED) is 0.327. The van der Waals surface area contributed by atoms with Crippen molar-refractivity contribution in [3.63, 3.8) is 0 Å². The fourth-order valence-electron chi connectivity index (χ4n) is 4.42. The van der Waals surface area contributed by atoms with E-state index in [1.54, 1.807) is 18.2 Å². The Bertz CT molecular complexity index is 1150. The topological polar surface area (TPSA) is 93.9 Å². The van der Waals surface area contributed by atoms with Crippen molar-refractivity contribution in [2.75, 3.05) is 19.7 Å². The summed E-state index contributed by atoms with van der Waals surface area (Å²) >= 11 is 12.3. The van der Waals surface area contributed by atoms with Crippen LogP contribution in [0.4, 0.5) is 4.39 Å². The summed E-state index contributed by atoms with van der Waals surface area (Å²) in [6.07, 6.45) is 2.80. The zero-order valence-electron chi connectivity index (χ0n) is 20.1. The minimum absolute atomic E-state index is 0. The molecular weight excluding hydrogens is 544 g/mol. The highest BCUT2D eigenvalue weighted by molar-refractivity contribution is 6.32. The Balaban J connectivity index is 0.00000380. The number of likely N-dealkylation sites (tertiary alicyclic amines) is 1. The molecule has 1 saturated heterocycles. The van der Waals surface area contributed by atoms with Gasteiger partial charge >= 0.3 is 5.97 Å². The lowest BCUT2D eigenvalue weighted by molar-refractivity contribution is -0.138. The van der Waals surface area contributed by atoms with Gasteiger partial charge in [0.2, 0.25) is 5.91 Å². The molecule has 0 bridgehead atoms. The van der Waals surface area contributed by atoms with Crippen LogP contribution < -0.4 is 4.74 Å². The van der Waals surface area contributed by atoms with Gasteiger partial charge in [-0.1, -0.05) is 35.3 Å². The van der Waals surface area contributed by atoms with Crippen molar-refractivity contribution in [1.82, 2.24) is 9.80 Å². The summed E-state index contributed by atoms with van der Waals surface area (Å²) in [7, 11) is 0. The normalized spacial score (nSPS) is 16.2.